The molecular weight excluding hydrogens is 278 g/mol. The Kier molecular flexibility index (Phi) is 6.18. The highest BCUT2D eigenvalue weighted by molar-refractivity contribution is 5.85. The van der Waals surface area contributed by atoms with Crippen molar-refractivity contribution in [3.05, 3.63) is 18.2 Å². The van der Waals surface area contributed by atoms with E-state index in [-0.39, 0.29) is 24.2 Å². The normalized spacial score (nSPS) is 10.0. The number of nitrogens with one attached hydrogen (secondary N) is 2. The highest BCUT2D eigenvalue weighted by Gasteiger charge is 2.12. The Labute approximate surface area is 121 Å². The van der Waals surface area contributed by atoms with Gasteiger partial charge in [0.1, 0.15) is 6.54 Å². The van der Waals surface area contributed by atoms with Crippen LogP contribution in [-0.2, 0) is 11.3 Å². The zero-order chi connectivity index (χ0) is 15.8. The van der Waals surface area contributed by atoms with E-state index in [1.807, 2.05) is 0 Å². The number of hydrogen-bond acceptors (Lipinski definition) is 4. The molecule has 0 fully saturated rings. The molecule has 9 nitrogen and oxygen atoms in total. The van der Waals surface area contributed by atoms with Gasteiger partial charge in [-0.3, -0.25) is 4.79 Å². The van der Waals surface area contributed by atoms with E-state index in [9.17, 15) is 14.4 Å². The Hall–Kier alpha value is -2.58. The minimum atomic E-state index is -1.10. The van der Waals surface area contributed by atoms with E-state index in [1.54, 1.807) is 11.5 Å². The first-order valence-corrected chi connectivity index (χ1v) is 6.44. The maximum absolute atomic E-state index is 11.7. The van der Waals surface area contributed by atoms with Crippen LogP contribution in [0.5, 0.6) is 0 Å². The Balaban J connectivity index is 2.32. The second kappa shape index (κ2) is 7.88. The fourth-order valence-electron chi connectivity index (χ4n) is 1.56. The lowest BCUT2D eigenvalue weighted by Gasteiger charge is -2.17. The molecule has 1 aromatic heterocycles. The molecule has 116 valence electrons. The number of rotatable bonds is 7. The largest absolute Gasteiger partial charge is 0.476 e. The quantitative estimate of drug-likeness (QED) is 0.619. The van der Waals surface area contributed by atoms with Crippen LogP contribution in [0, 0.1) is 0 Å². The first-order valence-electron chi connectivity index (χ1n) is 6.44. The minimum absolute atomic E-state index is 0.0199. The highest BCUT2D eigenvalue weighted by Crippen LogP contribution is 1.95. The molecular formula is C12H19N5O4. The molecule has 3 N–H and O–H groups in total. The van der Waals surface area contributed by atoms with Crippen LogP contribution in [0.25, 0.3) is 0 Å². The van der Waals surface area contributed by atoms with Crippen molar-refractivity contribution in [2.75, 3.05) is 26.7 Å². The molecule has 0 saturated carbocycles. The van der Waals surface area contributed by atoms with Crippen molar-refractivity contribution in [3.8, 4) is 0 Å². The van der Waals surface area contributed by atoms with Crippen molar-refractivity contribution in [2.24, 2.45) is 0 Å². The molecule has 0 radical (unpaired) electrons. The van der Waals surface area contributed by atoms with Gasteiger partial charge < -0.3 is 25.2 Å². The molecule has 0 spiro atoms. The molecule has 0 atom stereocenters. The number of hydrogen-bond donors (Lipinski definition) is 3. The van der Waals surface area contributed by atoms with Gasteiger partial charge >= 0.3 is 12.0 Å². The lowest BCUT2D eigenvalue weighted by Crippen LogP contribution is -2.44. The highest BCUT2D eigenvalue weighted by atomic mass is 16.4. The summed E-state index contributed by atoms with van der Waals surface area (Å²) in [5.41, 5.74) is -0.0466. The molecule has 0 unspecified atom stereocenters. The third-order valence-electron chi connectivity index (χ3n) is 2.60. The number of carboxylic acid groups (broad SMARTS) is 1. The standard InChI is InChI=1S/C12H19N5O4/c1-3-13-10(18)7-16(2)12(21)14-4-5-17-6-9(11(19)20)15-8-17/h6,8H,3-5,7H2,1-2H3,(H,13,18)(H,14,21)(H,19,20). The number of carbonyl (C=O) groups is 3. The average molecular weight is 297 g/mol. The fraction of sp³-hybridized carbons (Fsp3) is 0.500. The van der Waals surface area contributed by atoms with Crippen LogP contribution in [0.15, 0.2) is 12.5 Å². The molecule has 0 aliphatic rings. The Morgan fingerprint density at radius 3 is 2.67 bits per heavy atom. The SMILES string of the molecule is CCNC(=O)CN(C)C(=O)NCCn1cnc(C(=O)O)c1. The van der Waals surface area contributed by atoms with Crippen molar-refractivity contribution in [2.45, 2.75) is 13.5 Å². The topological polar surface area (TPSA) is 117 Å². The second-order valence-corrected chi connectivity index (χ2v) is 4.34. The summed E-state index contributed by atoms with van der Waals surface area (Å²) < 4.78 is 1.56. The fourth-order valence-corrected chi connectivity index (χ4v) is 1.56. The van der Waals surface area contributed by atoms with Crippen LogP contribution < -0.4 is 10.6 Å². The number of imidazole rings is 1. The number of aromatic carboxylic acids is 1. The number of likely N-dealkylation sites (N-methyl/N-ethyl adjacent to an activating group) is 2. The average Bonchev–Trinajstić information content (AvgIpc) is 2.87. The Bertz CT molecular complexity index is 514. The summed E-state index contributed by atoms with van der Waals surface area (Å²) in [5, 5.41) is 13.9. The van der Waals surface area contributed by atoms with Crippen LogP contribution >= 0.6 is 0 Å². The van der Waals surface area contributed by atoms with Gasteiger partial charge in [-0.25, -0.2) is 14.6 Å². The first-order chi connectivity index (χ1) is 9.93. The van der Waals surface area contributed by atoms with Crippen LogP contribution in [0.2, 0.25) is 0 Å². The van der Waals surface area contributed by atoms with E-state index in [0.717, 1.165) is 0 Å². The Morgan fingerprint density at radius 2 is 2.10 bits per heavy atom. The van der Waals surface area contributed by atoms with Gasteiger partial charge in [0.25, 0.3) is 0 Å². The molecule has 21 heavy (non-hydrogen) atoms. The van der Waals surface area contributed by atoms with Crippen LogP contribution in [0.1, 0.15) is 17.4 Å². The van der Waals surface area contributed by atoms with Gasteiger partial charge in [-0.15, -0.1) is 0 Å². The summed E-state index contributed by atoms with van der Waals surface area (Å²) in [6, 6.07) is -0.375. The monoisotopic (exact) mass is 297 g/mol. The minimum Gasteiger partial charge on any atom is -0.476 e. The number of carboxylic acids is 1. The third-order valence-corrected chi connectivity index (χ3v) is 2.60. The number of nitrogens with zero attached hydrogens (tertiary/aromatic N) is 3. The van der Waals surface area contributed by atoms with Crippen molar-refractivity contribution >= 4 is 17.9 Å². The molecule has 0 aliphatic carbocycles. The van der Waals surface area contributed by atoms with Crippen LogP contribution in [0.4, 0.5) is 4.79 Å². The molecule has 0 aliphatic heterocycles. The number of urea groups is 1. The maximum atomic E-state index is 11.7. The summed E-state index contributed by atoms with van der Waals surface area (Å²) in [6.45, 7) is 2.98. The predicted molar refractivity (Wildman–Crippen MR) is 73.9 cm³/mol. The van der Waals surface area contributed by atoms with Gasteiger partial charge in [-0.05, 0) is 6.92 Å². The first kappa shape index (κ1) is 16.5. The molecule has 3 amide bonds. The van der Waals surface area contributed by atoms with Gasteiger partial charge in [-0.1, -0.05) is 0 Å². The van der Waals surface area contributed by atoms with Gasteiger partial charge in [-0.2, -0.15) is 0 Å². The number of aromatic nitrogens is 2. The van der Waals surface area contributed by atoms with E-state index in [1.165, 1.54) is 24.5 Å². The number of amides is 3. The second-order valence-electron chi connectivity index (χ2n) is 4.34. The molecule has 1 aromatic rings. The summed E-state index contributed by atoms with van der Waals surface area (Å²) >= 11 is 0. The van der Waals surface area contributed by atoms with Crippen molar-refractivity contribution in [1.82, 2.24) is 25.1 Å². The van der Waals surface area contributed by atoms with E-state index >= 15 is 0 Å². The van der Waals surface area contributed by atoms with Crippen LogP contribution in [-0.4, -0.2) is 64.1 Å². The molecule has 0 aromatic carbocycles. The smallest absolute Gasteiger partial charge is 0.356 e. The molecule has 1 rings (SSSR count). The maximum Gasteiger partial charge on any atom is 0.356 e. The number of carbonyl (C=O) groups excluding carboxylic acids is 2. The van der Waals surface area contributed by atoms with Gasteiger partial charge in [0, 0.05) is 32.9 Å². The van der Waals surface area contributed by atoms with Crippen molar-refractivity contribution < 1.29 is 19.5 Å². The van der Waals surface area contributed by atoms with Crippen LogP contribution in [0.3, 0.4) is 0 Å². The predicted octanol–water partition coefficient (Wildman–Crippen LogP) is -0.641. The van der Waals surface area contributed by atoms with E-state index in [0.29, 0.717) is 19.6 Å². The van der Waals surface area contributed by atoms with E-state index in [4.69, 9.17) is 5.11 Å². The van der Waals surface area contributed by atoms with Crippen molar-refractivity contribution in [3.63, 3.8) is 0 Å². The molecule has 1 heterocycles. The van der Waals surface area contributed by atoms with E-state index < -0.39 is 5.97 Å². The van der Waals surface area contributed by atoms with Gasteiger partial charge in [0.2, 0.25) is 5.91 Å². The summed E-state index contributed by atoms with van der Waals surface area (Å²) in [6.07, 6.45) is 2.76. The van der Waals surface area contributed by atoms with E-state index in [2.05, 4.69) is 15.6 Å². The zero-order valence-corrected chi connectivity index (χ0v) is 12.0. The Morgan fingerprint density at radius 1 is 1.38 bits per heavy atom. The molecule has 0 bridgehead atoms. The summed E-state index contributed by atoms with van der Waals surface area (Å²) in [5.74, 6) is -1.32. The molecule has 9 heteroatoms. The van der Waals surface area contributed by atoms with Gasteiger partial charge in [0.05, 0.1) is 6.33 Å². The zero-order valence-electron chi connectivity index (χ0n) is 12.0. The van der Waals surface area contributed by atoms with Crippen molar-refractivity contribution in [1.29, 1.82) is 0 Å². The summed E-state index contributed by atoms with van der Waals surface area (Å²) in [7, 11) is 1.52. The van der Waals surface area contributed by atoms with Gasteiger partial charge in [0.15, 0.2) is 5.69 Å². The third kappa shape index (κ3) is 5.51. The lowest BCUT2D eigenvalue weighted by atomic mass is 10.5. The molecule has 0 saturated heterocycles. The summed E-state index contributed by atoms with van der Waals surface area (Å²) in [4.78, 5) is 38.6. The lowest BCUT2D eigenvalue weighted by molar-refractivity contribution is -0.121.